The molecule has 3 nitrogen and oxygen atoms in total. The third-order valence-electron chi connectivity index (χ3n) is 4.13. The van der Waals surface area contributed by atoms with E-state index in [4.69, 9.17) is 0 Å². The lowest BCUT2D eigenvalue weighted by Crippen LogP contribution is -2.34. The molecule has 2 heterocycles. The van der Waals surface area contributed by atoms with Gasteiger partial charge in [-0.05, 0) is 24.3 Å². The Morgan fingerprint density at radius 3 is 2.62 bits per heavy atom. The van der Waals surface area contributed by atoms with Crippen LogP contribution >= 0.6 is 11.8 Å². The molecule has 0 atom stereocenters. The molecule has 2 aliphatic rings. The van der Waals surface area contributed by atoms with Gasteiger partial charge in [0.1, 0.15) is 0 Å². The lowest BCUT2D eigenvalue weighted by Gasteiger charge is -2.25. The number of hydrogen-bond acceptors (Lipinski definition) is 3. The van der Waals surface area contributed by atoms with E-state index in [2.05, 4.69) is 16.8 Å². The first-order valence-corrected chi connectivity index (χ1v) is 8.99. The molecule has 0 bridgehead atoms. The number of anilines is 1. The van der Waals surface area contributed by atoms with Gasteiger partial charge in [0.2, 0.25) is 0 Å². The van der Waals surface area contributed by atoms with Crippen LogP contribution in [0.2, 0.25) is 0 Å². The first-order valence-electron chi connectivity index (χ1n) is 8.01. The number of benzene rings is 2. The molecule has 118 valence electrons. The quantitative estimate of drug-likeness (QED) is 0.805. The molecule has 4 rings (SSSR count). The summed E-state index contributed by atoms with van der Waals surface area (Å²) >= 11 is 1.79. The van der Waals surface area contributed by atoms with Crippen molar-refractivity contribution in [2.75, 3.05) is 23.7 Å². The topological polar surface area (TPSA) is 32.7 Å². The highest BCUT2D eigenvalue weighted by molar-refractivity contribution is 8.14. The number of carbonyl (C=O) groups excluding carboxylic acids is 1. The highest BCUT2D eigenvalue weighted by Gasteiger charge is 2.23. The summed E-state index contributed by atoms with van der Waals surface area (Å²) in [6.45, 7) is 1.51. The number of amides is 1. The van der Waals surface area contributed by atoms with E-state index in [1.165, 1.54) is 0 Å². The van der Waals surface area contributed by atoms with Crippen molar-refractivity contribution in [3.05, 3.63) is 65.2 Å². The van der Waals surface area contributed by atoms with Crippen LogP contribution in [0, 0.1) is 11.8 Å². The van der Waals surface area contributed by atoms with Crippen LogP contribution in [0.5, 0.6) is 0 Å². The molecule has 2 aliphatic heterocycles. The fourth-order valence-electron chi connectivity index (χ4n) is 2.94. The molecule has 0 aromatic heterocycles. The highest BCUT2D eigenvalue weighted by Crippen LogP contribution is 2.26. The number of aliphatic imine (C=N–C) groups is 1. The zero-order valence-corrected chi connectivity index (χ0v) is 14.0. The second-order valence-electron chi connectivity index (χ2n) is 5.64. The van der Waals surface area contributed by atoms with E-state index < -0.39 is 0 Å². The van der Waals surface area contributed by atoms with Gasteiger partial charge in [-0.3, -0.25) is 9.79 Å². The molecular formula is C20H16N2OS. The molecule has 2 aromatic rings. The molecule has 0 N–H and O–H groups in total. The Bertz CT molecular complexity index is 892. The first-order chi connectivity index (χ1) is 11.8. The van der Waals surface area contributed by atoms with E-state index in [0.717, 1.165) is 40.6 Å². The molecular weight excluding hydrogens is 316 g/mol. The van der Waals surface area contributed by atoms with Gasteiger partial charge in [-0.25, -0.2) is 0 Å². The van der Waals surface area contributed by atoms with Crippen molar-refractivity contribution >= 4 is 28.4 Å². The summed E-state index contributed by atoms with van der Waals surface area (Å²) in [5, 5.41) is 1.14. The van der Waals surface area contributed by atoms with Crippen molar-refractivity contribution in [3.8, 4) is 11.8 Å². The number of nitrogens with zero attached hydrogens (tertiary/aromatic N) is 2. The van der Waals surface area contributed by atoms with E-state index in [0.29, 0.717) is 12.1 Å². The summed E-state index contributed by atoms with van der Waals surface area (Å²) in [5.41, 5.74) is 3.23. The fraction of sp³-hybridized carbons (Fsp3) is 0.200. The van der Waals surface area contributed by atoms with Crippen molar-refractivity contribution in [2.24, 2.45) is 4.99 Å². The Balaban J connectivity index is 1.76. The summed E-state index contributed by atoms with van der Waals surface area (Å²) in [4.78, 5) is 19.5. The first kappa shape index (κ1) is 15.0. The minimum Gasteiger partial charge on any atom is -0.307 e. The van der Waals surface area contributed by atoms with E-state index in [-0.39, 0.29) is 5.91 Å². The maximum atomic E-state index is 13.2. The zero-order chi connectivity index (χ0) is 16.4. The average Bonchev–Trinajstić information content (AvgIpc) is 3.13. The van der Waals surface area contributed by atoms with Crippen LogP contribution in [0.15, 0.2) is 53.5 Å². The van der Waals surface area contributed by atoms with Gasteiger partial charge in [0, 0.05) is 36.4 Å². The summed E-state index contributed by atoms with van der Waals surface area (Å²) < 4.78 is 0. The molecule has 0 aliphatic carbocycles. The minimum absolute atomic E-state index is 0.00986. The number of hydrogen-bond donors (Lipinski definition) is 0. The van der Waals surface area contributed by atoms with Crippen molar-refractivity contribution in [1.82, 2.24) is 0 Å². The van der Waals surface area contributed by atoms with E-state index >= 15 is 0 Å². The van der Waals surface area contributed by atoms with Crippen LogP contribution in [0.1, 0.15) is 27.9 Å². The minimum atomic E-state index is 0.00986. The molecule has 0 fully saturated rings. The summed E-state index contributed by atoms with van der Waals surface area (Å²) in [6, 6.07) is 15.4. The molecule has 0 spiro atoms. The molecule has 24 heavy (non-hydrogen) atoms. The summed E-state index contributed by atoms with van der Waals surface area (Å²) in [6.07, 6.45) is 0.792. The van der Waals surface area contributed by atoms with Crippen LogP contribution in [0.3, 0.4) is 0 Å². The van der Waals surface area contributed by atoms with Crippen LogP contribution in [0.25, 0.3) is 0 Å². The standard InChI is InChI=1S/C20H16N2OS/c23-20-17-7-3-1-5-15(17)9-10-16-6-2-4-8-18(16)22(20)13-11-19-21-12-14-24-19/h1-8H,11-14H2. The number of rotatable bonds is 3. The van der Waals surface area contributed by atoms with Crippen LogP contribution in [-0.4, -0.2) is 29.8 Å². The third-order valence-corrected chi connectivity index (χ3v) is 5.18. The van der Waals surface area contributed by atoms with Crippen LogP contribution in [0.4, 0.5) is 5.69 Å². The Labute approximate surface area is 145 Å². The number of para-hydroxylation sites is 1. The highest BCUT2D eigenvalue weighted by atomic mass is 32.2. The lowest BCUT2D eigenvalue weighted by molar-refractivity contribution is 0.0987. The van der Waals surface area contributed by atoms with E-state index in [1.54, 1.807) is 11.8 Å². The summed E-state index contributed by atoms with van der Waals surface area (Å²) in [7, 11) is 0. The normalized spacial score (nSPS) is 15.6. The van der Waals surface area contributed by atoms with Gasteiger partial charge in [-0.1, -0.05) is 36.1 Å². The van der Waals surface area contributed by atoms with Crippen molar-refractivity contribution in [3.63, 3.8) is 0 Å². The Hall–Kier alpha value is -2.51. The average molecular weight is 332 g/mol. The van der Waals surface area contributed by atoms with Crippen LogP contribution < -0.4 is 4.90 Å². The van der Waals surface area contributed by atoms with Gasteiger partial charge in [0.25, 0.3) is 5.91 Å². The molecule has 0 radical (unpaired) electrons. The second-order valence-corrected chi connectivity index (χ2v) is 6.81. The van der Waals surface area contributed by atoms with Crippen molar-refractivity contribution in [1.29, 1.82) is 0 Å². The van der Waals surface area contributed by atoms with Gasteiger partial charge >= 0.3 is 0 Å². The molecule has 0 saturated carbocycles. The maximum Gasteiger partial charge on any atom is 0.259 e. The largest absolute Gasteiger partial charge is 0.307 e. The monoisotopic (exact) mass is 332 g/mol. The Morgan fingerprint density at radius 2 is 1.79 bits per heavy atom. The number of thioether (sulfide) groups is 1. The third kappa shape index (κ3) is 2.83. The molecule has 0 saturated heterocycles. The summed E-state index contributed by atoms with van der Waals surface area (Å²) in [5.74, 6) is 7.42. The van der Waals surface area contributed by atoms with Gasteiger partial charge in [-0.2, -0.15) is 0 Å². The van der Waals surface area contributed by atoms with E-state index in [9.17, 15) is 4.79 Å². The predicted molar refractivity (Wildman–Crippen MR) is 99.9 cm³/mol. The van der Waals surface area contributed by atoms with E-state index in [1.807, 2.05) is 53.4 Å². The Morgan fingerprint density at radius 1 is 1.04 bits per heavy atom. The number of fused-ring (bicyclic) bond motifs is 2. The van der Waals surface area contributed by atoms with Gasteiger partial charge in [0.05, 0.1) is 16.3 Å². The van der Waals surface area contributed by atoms with Gasteiger partial charge in [0.15, 0.2) is 0 Å². The smallest absolute Gasteiger partial charge is 0.259 e. The molecule has 4 heteroatoms. The molecule has 0 unspecified atom stereocenters. The van der Waals surface area contributed by atoms with Gasteiger partial charge < -0.3 is 4.90 Å². The van der Waals surface area contributed by atoms with Crippen molar-refractivity contribution < 1.29 is 4.79 Å². The fourth-order valence-corrected chi connectivity index (χ4v) is 3.78. The van der Waals surface area contributed by atoms with Crippen molar-refractivity contribution in [2.45, 2.75) is 6.42 Å². The Kier molecular flexibility index (Phi) is 4.10. The second kappa shape index (κ2) is 6.54. The van der Waals surface area contributed by atoms with Crippen LogP contribution in [-0.2, 0) is 0 Å². The molecule has 1 amide bonds. The maximum absolute atomic E-state index is 13.2. The lowest BCUT2D eigenvalue weighted by atomic mass is 10.0. The predicted octanol–water partition coefficient (Wildman–Crippen LogP) is 3.58. The zero-order valence-electron chi connectivity index (χ0n) is 13.2. The van der Waals surface area contributed by atoms with Gasteiger partial charge in [-0.15, -0.1) is 11.8 Å². The SMILES string of the molecule is O=C1c2ccccc2C#Cc2ccccc2N1CCC1=NCCS1. The molecule has 2 aromatic carbocycles. The number of carbonyl (C=O) groups is 1.